The minimum Gasteiger partial charge on any atom is -0.497 e. The summed E-state index contributed by atoms with van der Waals surface area (Å²) in [6.45, 7) is 1.97. The molecule has 0 amide bonds. The summed E-state index contributed by atoms with van der Waals surface area (Å²) in [7, 11) is 3.24. The van der Waals surface area contributed by atoms with Gasteiger partial charge >= 0.3 is 0 Å². The standard InChI is InChI=1S/C14H16ClNO2S/c1-8-7-19-14(12(8)15)13(16)10-5-4-9(17-2)6-11(10)18-3/h4-7,13H,16H2,1-3H3. The number of methoxy groups -OCH3 is 2. The van der Waals surface area contributed by atoms with E-state index in [1.165, 1.54) is 0 Å². The third-order valence-electron chi connectivity index (χ3n) is 2.98. The zero-order valence-electron chi connectivity index (χ0n) is 11.1. The predicted molar refractivity (Wildman–Crippen MR) is 79.6 cm³/mol. The normalized spacial score (nSPS) is 12.3. The molecule has 102 valence electrons. The topological polar surface area (TPSA) is 44.5 Å². The van der Waals surface area contributed by atoms with Gasteiger partial charge in [0.25, 0.3) is 0 Å². The summed E-state index contributed by atoms with van der Waals surface area (Å²) in [5.74, 6) is 1.44. The van der Waals surface area contributed by atoms with Crippen LogP contribution in [-0.2, 0) is 0 Å². The maximum absolute atomic E-state index is 6.30. The van der Waals surface area contributed by atoms with E-state index < -0.39 is 0 Å². The lowest BCUT2D eigenvalue weighted by Gasteiger charge is -2.16. The van der Waals surface area contributed by atoms with Crippen LogP contribution in [0.15, 0.2) is 23.6 Å². The molecular weight excluding hydrogens is 282 g/mol. The second-order valence-electron chi connectivity index (χ2n) is 4.18. The molecule has 1 unspecified atom stereocenters. The molecule has 1 atom stereocenters. The number of rotatable bonds is 4. The molecule has 0 bridgehead atoms. The molecule has 2 rings (SSSR count). The Morgan fingerprint density at radius 2 is 2.00 bits per heavy atom. The average molecular weight is 298 g/mol. The fraction of sp³-hybridized carbons (Fsp3) is 0.286. The van der Waals surface area contributed by atoms with Crippen molar-refractivity contribution in [2.45, 2.75) is 13.0 Å². The molecule has 1 heterocycles. The van der Waals surface area contributed by atoms with Crippen molar-refractivity contribution in [1.82, 2.24) is 0 Å². The van der Waals surface area contributed by atoms with Crippen molar-refractivity contribution in [2.24, 2.45) is 5.73 Å². The molecule has 0 saturated carbocycles. The molecule has 3 nitrogen and oxygen atoms in total. The molecule has 2 aromatic rings. The van der Waals surface area contributed by atoms with Crippen LogP contribution >= 0.6 is 22.9 Å². The molecule has 0 aliphatic heterocycles. The van der Waals surface area contributed by atoms with Gasteiger partial charge in [-0.05, 0) is 30.0 Å². The van der Waals surface area contributed by atoms with E-state index in [1.807, 2.05) is 30.5 Å². The van der Waals surface area contributed by atoms with Gasteiger partial charge in [0.1, 0.15) is 11.5 Å². The Hall–Kier alpha value is -1.23. The van der Waals surface area contributed by atoms with Crippen molar-refractivity contribution < 1.29 is 9.47 Å². The zero-order chi connectivity index (χ0) is 14.0. The van der Waals surface area contributed by atoms with Crippen LogP contribution in [-0.4, -0.2) is 14.2 Å². The van der Waals surface area contributed by atoms with Crippen LogP contribution in [0, 0.1) is 6.92 Å². The van der Waals surface area contributed by atoms with Crippen LogP contribution < -0.4 is 15.2 Å². The maximum atomic E-state index is 6.30. The van der Waals surface area contributed by atoms with Gasteiger partial charge < -0.3 is 15.2 Å². The highest BCUT2D eigenvalue weighted by atomic mass is 35.5. The monoisotopic (exact) mass is 297 g/mol. The molecule has 19 heavy (non-hydrogen) atoms. The molecule has 0 fully saturated rings. The van der Waals surface area contributed by atoms with Gasteiger partial charge in [-0.25, -0.2) is 0 Å². The molecule has 0 saturated heterocycles. The Bertz CT molecular complexity index is 583. The van der Waals surface area contributed by atoms with E-state index in [1.54, 1.807) is 25.6 Å². The van der Waals surface area contributed by atoms with Crippen molar-refractivity contribution >= 4 is 22.9 Å². The number of halogens is 1. The molecule has 0 spiro atoms. The van der Waals surface area contributed by atoms with Crippen molar-refractivity contribution in [3.05, 3.63) is 44.6 Å². The number of ether oxygens (including phenoxy) is 2. The molecule has 1 aromatic heterocycles. The number of benzene rings is 1. The summed E-state index contributed by atoms with van der Waals surface area (Å²) in [5.41, 5.74) is 8.24. The number of hydrogen-bond donors (Lipinski definition) is 1. The zero-order valence-corrected chi connectivity index (χ0v) is 12.6. The molecule has 1 aromatic carbocycles. The molecule has 0 aliphatic carbocycles. The summed E-state index contributed by atoms with van der Waals surface area (Å²) < 4.78 is 10.6. The van der Waals surface area contributed by atoms with Crippen molar-refractivity contribution in [3.8, 4) is 11.5 Å². The molecule has 5 heteroatoms. The van der Waals surface area contributed by atoms with E-state index in [0.717, 1.165) is 26.8 Å². The first-order valence-electron chi connectivity index (χ1n) is 5.79. The van der Waals surface area contributed by atoms with Crippen molar-refractivity contribution in [2.75, 3.05) is 14.2 Å². The van der Waals surface area contributed by atoms with E-state index in [9.17, 15) is 0 Å². The van der Waals surface area contributed by atoms with Gasteiger partial charge in [0.05, 0.1) is 25.3 Å². The van der Waals surface area contributed by atoms with E-state index in [-0.39, 0.29) is 6.04 Å². The Balaban J connectivity index is 2.43. The van der Waals surface area contributed by atoms with Crippen LogP contribution in [0.3, 0.4) is 0 Å². The Morgan fingerprint density at radius 1 is 1.26 bits per heavy atom. The summed E-state index contributed by atoms with van der Waals surface area (Å²) >= 11 is 7.84. The number of hydrogen-bond acceptors (Lipinski definition) is 4. The second-order valence-corrected chi connectivity index (χ2v) is 5.47. The highest BCUT2D eigenvalue weighted by Crippen LogP contribution is 2.38. The summed E-state index contributed by atoms with van der Waals surface area (Å²) in [4.78, 5) is 0.947. The van der Waals surface area contributed by atoms with Crippen LogP contribution in [0.2, 0.25) is 5.02 Å². The van der Waals surface area contributed by atoms with E-state index in [4.69, 9.17) is 26.8 Å². The molecule has 2 N–H and O–H groups in total. The first-order chi connectivity index (χ1) is 9.08. The third kappa shape index (κ3) is 2.71. The van der Waals surface area contributed by atoms with Gasteiger partial charge in [-0.1, -0.05) is 11.6 Å². The van der Waals surface area contributed by atoms with Crippen LogP contribution in [0.25, 0.3) is 0 Å². The van der Waals surface area contributed by atoms with Crippen molar-refractivity contribution in [1.29, 1.82) is 0 Å². The van der Waals surface area contributed by atoms with Crippen molar-refractivity contribution in [3.63, 3.8) is 0 Å². The number of nitrogens with two attached hydrogens (primary N) is 1. The van der Waals surface area contributed by atoms with Gasteiger partial charge in [0.2, 0.25) is 0 Å². The Labute approximate surface area is 121 Å². The fourth-order valence-electron chi connectivity index (χ4n) is 1.88. The first kappa shape index (κ1) is 14.2. The SMILES string of the molecule is COc1ccc(C(N)c2scc(C)c2Cl)c(OC)c1. The highest BCUT2D eigenvalue weighted by Gasteiger charge is 2.19. The summed E-state index contributed by atoms with van der Waals surface area (Å²) in [6, 6.07) is 5.30. The highest BCUT2D eigenvalue weighted by molar-refractivity contribution is 7.10. The van der Waals surface area contributed by atoms with E-state index >= 15 is 0 Å². The largest absolute Gasteiger partial charge is 0.497 e. The lowest BCUT2D eigenvalue weighted by molar-refractivity contribution is 0.390. The van der Waals surface area contributed by atoms with Gasteiger partial charge in [0, 0.05) is 16.5 Å². The molecular formula is C14H16ClNO2S. The fourth-order valence-corrected chi connectivity index (χ4v) is 3.21. The number of aryl methyl sites for hydroxylation is 1. The lowest BCUT2D eigenvalue weighted by atomic mass is 10.0. The molecule has 0 aliphatic rings. The number of thiophene rings is 1. The van der Waals surface area contributed by atoms with Gasteiger partial charge in [-0.3, -0.25) is 0 Å². The average Bonchev–Trinajstić information content (AvgIpc) is 2.77. The summed E-state index contributed by atoms with van der Waals surface area (Å²) in [5, 5.41) is 2.74. The van der Waals surface area contributed by atoms with Crippen LogP contribution in [0.5, 0.6) is 11.5 Å². The molecule has 0 radical (unpaired) electrons. The third-order valence-corrected chi connectivity index (χ3v) is 4.78. The minimum absolute atomic E-state index is 0.299. The van der Waals surface area contributed by atoms with Gasteiger partial charge in [-0.2, -0.15) is 0 Å². The van der Waals surface area contributed by atoms with Crippen LogP contribution in [0.4, 0.5) is 0 Å². The maximum Gasteiger partial charge on any atom is 0.127 e. The van der Waals surface area contributed by atoms with E-state index in [2.05, 4.69) is 0 Å². The Kier molecular flexibility index (Phi) is 4.34. The van der Waals surface area contributed by atoms with Gasteiger partial charge in [0.15, 0.2) is 0 Å². The van der Waals surface area contributed by atoms with E-state index in [0.29, 0.717) is 5.75 Å². The van der Waals surface area contributed by atoms with Gasteiger partial charge in [-0.15, -0.1) is 11.3 Å². The lowest BCUT2D eigenvalue weighted by Crippen LogP contribution is -2.12. The minimum atomic E-state index is -0.299. The summed E-state index contributed by atoms with van der Waals surface area (Å²) in [6.07, 6.45) is 0. The quantitative estimate of drug-likeness (QED) is 0.934. The Morgan fingerprint density at radius 3 is 2.53 bits per heavy atom. The first-order valence-corrected chi connectivity index (χ1v) is 7.05. The van der Waals surface area contributed by atoms with Crippen LogP contribution in [0.1, 0.15) is 22.0 Å². The predicted octanol–water partition coefficient (Wildman–Crippen LogP) is 3.78. The second kappa shape index (κ2) is 5.82. The smallest absolute Gasteiger partial charge is 0.127 e.